The van der Waals surface area contributed by atoms with Crippen LogP contribution >= 0.6 is 22.9 Å². The molecule has 7 heteroatoms. The number of amides is 1. The van der Waals surface area contributed by atoms with Gasteiger partial charge in [-0.1, -0.05) is 41.9 Å². The first kappa shape index (κ1) is 21.0. The number of benzene rings is 2. The lowest BCUT2D eigenvalue weighted by Gasteiger charge is -2.11. The van der Waals surface area contributed by atoms with Gasteiger partial charge in [-0.15, -0.1) is 11.3 Å². The lowest BCUT2D eigenvalue weighted by atomic mass is 10.1. The van der Waals surface area contributed by atoms with E-state index in [9.17, 15) is 4.79 Å². The number of aliphatic imine (C=N–C) groups is 1. The van der Waals surface area contributed by atoms with Crippen molar-refractivity contribution < 1.29 is 9.53 Å². The van der Waals surface area contributed by atoms with Crippen molar-refractivity contribution in [1.29, 1.82) is 0 Å². The maximum Gasteiger partial charge on any atom is 0.298 e. The van der Waals surface area contributed by atoms with E-state index in [-0.39, 0.29) is 5.91 Å². The monoisotopic (exact) mass is 427 g/mol. The number of carbonyl (C=O) groups is 1. The first-order chi connectivity index (χ1) is 13.9. The Morgan fingerprint density at radius 3 is 2.69 bits per heavy atom. The second-order valence-corrected chi connectivity index (χ2v) is 8.07. The molecule has 0 saturated heterocycles. The van der Waals surface area contributed by atoms with Crippen molar-refractivity contribution in [3.8, 4) is 5.75 Å². The minimum atomic E-state index is -0.342. The molecule has 0 spiro atoms. The molecule has 0 fully saturated rings. The van der Waals surface area contributed by atoms with Crippen LogP contribution in [0.4, 0.5) is 0 Å². The van der Waals surface area contributed by atoms with Crippen LogP contribution in [0.15, 0.2) is 58.9 Å². The molecule has 1 heterocycles. The van der Waals surface area contributed by atoms with E-state index < -0.39 is 0 Å². The molecule has 0 unspecified atom stereocenters. The highest BCUT2D eigenvalue weighted by molar-refractivity contribution is 7.09. The Kier molecular flexibility index (Phi) is 7.01. The topological polar surface area (TPSA) is 54.8 Å². The highest BCUT2D eigenvalue weighted by atomic mass is 35.5. The molecular weight excluding hydrogens is 406 g/mol. The third-order valence-corrected chi connectivity index (χ3v) is 5.37. The molecule has 0 aliphatic heterocycles. The summed E-state index contributed by atoms with van der Waals surface area (Å²) in [6, 6.07) is 15.5. The Balaban J connectivity index is 1.75. The maximum absolute atomic E-state index is 12.3. The van der Waals surface area contributed by atoms with Gasteiger partial charge in [-0.3, -0.25) is 4.79 Å². The highest BCUT2D eigenvalue weighted by Crippen LogP contribution is 2.27. The van der Waals surface area contributed by atoms with Crippen molar-refractivity contribution in [2.24, 2.45) is 4.99 Å². The average molecular weight is 428 g/mol. The van der Waals surface area contributed by atoms with Gasteiger partial charge < -0.3 is 9.64 Å². The van der Waals surface area contributed by atoms with Crippen molar-refractivity contribution in [1.82, 2.24) is 9.88 Å². The van der Waals surface area contributed by atoms with E-state index in [1.807, 2.05) is 56.6 Å². The summed E-state index contributed by atoms with van der Waals surface area (Å²) in [5, 5.41) is 3.17. The SMILES string of the molecule is C/C(=N\C(=O)c1csc(Cc2cc(Cl)ccc2OCc2ccccc2)n1)N(C)C. The Morgan fingerprint density at radius 2 is 1.97 bits per heavy atom. The van der Waals surface area contributed by atoms with Gasteiger partial charge in [0, 0.05) is 36.5 Å². The average Bonchev–Trinajstić information content (AvgIpc) is 3.17. The van der Waals surface area contributed by atoms with Crippen molar-refractivity contribution in [2.75, 3.05) is 14.1 Å². The number of ether oxygens (including phenoxy) is 1. The van der Waals surface area contributed by atoms with Gasteiger partial charge in [-0.2, -0.15) is 4.99 Å². The number of amidine groups is 1. The maximum atomic E-state index is 12.3. The minimum absolute atomic E-state index is 0.342. The first-order valence-electron chi connectivity index (χ1n) is 9.09. The lowest BCUT2D eigenvalue weighted by molar-refractivity contribution is 0.0997. The summed E-state index contributed by atoms with van der Waals surface area (Å²) in [4.78, 5) is 22.6. The standard InChI is InChI=1S/C22H22ClN3O2S/c1-15(26(2)3)24-22(27)19-14-29-21(25-19)12-17-11-18(23)9-10-20(17)28-13-16-7-5-4-6-8-16/h4-11,14H,12-13H2,1-3H3/b24-15+. The van der Waals surface area contributed by atoms with Gasteiger partial charge >= 0.3 is 0 Å². The third-order valence-electron chi connectivity index (χ3n) is 4.28. The van der Waals surface area contributed by atoms with Crippen molar-refractivity contribution >= 4 is 34.7 Å². The highest BCUT2D eigenvalue weighted by Gasteiger charge is 2.14. The predicted octanol–water partition coefficient (Wildman–Crippen LogP) is 5.09. The summed E-state index contributed by atoms with van der Waals surface area (Å²) in [5.41, 5.74) is 2.36. The number of aromatic nitrogens is 1. The largest absolute Gasteiger partial charge is 0.489 e. The third kappa shape index (κ3) is 5.89. The molecule has 0 aliphatic carbocycles. The van der Waals surface area contributed by atoms with Gasteiger partial charge in [0.1, 0.15) is 23.9 Å². The number of halogens is 1. The molecule has 0 N–H and O–H groups in total. The first-order valence-corrected chi connectivity index (χ1v) is 10.3. The molecule has 3 rings (SSSR count). The summed E-state index contributed by atoms with van der Waals surface area (Å²) in [7, 11) is 3.68. The van der Waals surface area contributed by atoms with Crippen LogP contribution in [0.2, 0.25) is 5.02 Å². The van der Waals surface area contributed by atoms with E-state index in [4.69, 9.17) is 16.3 Å². The minimum Gasteiger partial charge on any atom is -0.489 e. The fourth-order valence-electron chi connectivity index (χ4n) is 2.52. The van der Waals surface area contributed by atoms with Gasteiger partial charge in [0.25, 0.3) is 5.91 Å². The molecule has 2 aromatic carbocycles. The van der Waals surface area contributed by atoms with E-state index in [0.29, 0.717) is 29.6 Å². The molecule has 29 heavy (non-hydrogen) atoms. The summed E-state index contributed by atoms with van der Waals surface area (Å²) < 4.78 is 6.01. The van der Waals surface area contributed by atoms with Gasteiger partial charge in [-0.25, -0.2) is 4.98 Å². The lowest BCUT2D eigenvalue weighted by Crippen LogP contribution is -2.19. The number of nitrogens with zero attached hydrogens (tertiary/aromatic N) is 3. The second kappa shape index (κ2) is 9.67. The predicted molar refractivity (Wildman–Crippen MR) is 118 cm³/mol. The van der Waals surface area contributed by atoms with Crippen LogP contribution in [-0.4, -0.2) is 35.7 Å². The smallest absolute Gasteiger partial charge is 0.298 e. The Morgan fingerprint density at radius 1 is 1.21 bits per heavy atom. The van der Waals surface area contributed by atoms with Gasteiger partial charge in [0.15, 0.2) is 0 Å². The van der Waals surface area contributed by atoms with Crippen molar-refractivity contribution in [3.05, 3.63) is 80.8 Å². The van der Waals surface area contributed by atoms with Crippen molar-refractivity contribution in [2.45, 2.75) is 20.0 Å². The summed E-state index contributed by atoms with van der Waals surface area (Å²) >= 11 is 7.62. The van der Waals surface area contributed by atoms with E-state index in [1.165, 1.54) is 11.3 Å². The molecule has 3 aromatic rings. The van der Waals surface area contributed by atoms with Gasteiger partial charge in [0.05, 0.1) is 5.01 Å². The Hall–Kier alpha value is -2.70. The zero-order valence-corrected chi connectivity index (χ0v) is 18.1. The van der Waals surface area contributed by atoms with Crippen LogP contribution in [-0.2, 0) is 13.0 Å². The van der Waals surface area contributed by atoms with E-state index in [1.54, 1.807) is 23.3 Å². The van der Waals surface area contributed by atoms with Crippen molar-refractivity contribution in [3.63, 3.8) is 0 Å². The molecule has 150 valence electrons. The number of hydrogen-bond donors (Lipinski definition) is 0. The molecule has 0 aliphatic rings. The quantitative estimate of drug-likeness (QED) is 0.406. The molecule has 0 radical (unpaired) electrons. The molecule has 1 aromatic heterocycles. The van der Waals surface area contributed by atoms with E-state index >= 15 is 0 Å². The fourth-order valence-corrected chi connectivity index (χ4v) is 3.51. The van der Waals surface area contributed by atoms with Crippen LogP contribution in [0.3, 0.4) is 0 Å². The molecular formula is C22H22ClN3O2S. The van der Waals surface area contributed by atoms with Crippen LogP contribution in [0.25, 0.3) is 0 Å². The molecule has 0 saturated carbocycles. The zero-order valence-electron chi connectivity index (χ0n) is 16.6. The Bertz CT molecular complexity index is 1020. The van der Waals surface area contributed by atoms with Crippen LogP contribution < -0.4 is 4.74 Å². The van der Waals surface area contributed by atoms with Gasteiger partial charge in [0.2, 0.25) is 0 Å². The molecule has 5 nitrogen and oxygen atoms in total. The molecule has 0 bridgehead atoms. The van der Waals surface area contributed by atoms with Crippen LogP contribution in [0.1, 0.15) is 33.5 Å². The summed E-state index contributed by atoms with van der Waals surface area (Å²) in [6.45, 7) is 2.25. The summed E-state index contributed by atoms with van der Waals surface area (Å²) in [5.74, 6) is 1.05. The second-order valence-electron chi connectivity index (χ2n) is 6.69. The van der Waals surface area contributed by atoms with Crippen LogP contribution in [0.5, 0.6) is 5.75 Å². The van der Waals surface area contributed by atoms with Crippen LogP contribution in [0, 0.1) is 0 Å². The fraction of sp³-hybridized carbons (Fsp3) is 0.227. The molecule has 0 atom stereocenters. The van der Waals surface area contributed by atoms with E-state index in [0.717, 1.165) is 21.9 Å². The Labute approximate surface area is 179 Å². The number of thiazole rings is 1. The van der Waals surface area contributed by atoms with E-state index in [2.05, 4.69) is 9.98 Å². The number of rotatable bonds is 6. The zero-order chi connectivity index (χ0) is 20.8. The normalized spacial score (nSPS) is 11.4. The number of hydrogen-bond acceptors (Lipinski definition) is 4. The summed E-state index contributed by atoms with van der Waals surface area (Å²) in [6.07, 6.45) is 0.527. The number of carbonyl (C=O) groups excluding carboxylic acids is 1. The van der Waals surface area contributed by atoms with Gasteiger partial charge in [-0.05, 0) is 30.7 Å². The molecule has 1 amide bonds.